The highest BCUT2D eigenvalue weighted by atomic mass is 35.5. The number of benzene rings is 2. The Bertz CT molecular complexity index is 1050. The highest BCUT2D eigenvalue weighted by Gasteiger charge is 2.32. The van der Waals surface area contributed by atoms with Crippen LogP contribution in [-0.2, 0) is 9.53 Å². The average Bonchev–Trinajstić information content (AvgIpc) is 3.44. The highest BCUT2D eigenvalue weighted by Crippen LogP contribution is 2.24. The van der Waals surface area contributed by atoms with Crippen molar-refractivity contribution < 1.29 is 14.3 Å². The lowest BCUT2D eigenvalue weighted by atomic mass is 10.1. The van der Waals surface area contributed by atoms with E-state index >= 15 is 0 Å². The zero-order chi connectivity index (χ0) is 20.4. The third-order valence-corrected chi connectivity index (χ3v) is 4.74. The van der Waals surface area contributed by atoms with Crippen LogP contribution >= 0.6 is 11.6 Å². The van der Waals surface area contributed by atoms with Crippen molar-refractivity contribution in [3.05, 3.63) is 76.6 Å². The molecule has 0 spiro atoms. The van der Waals surface area contributed by atoms with Crippen LogP contribution < -0.4 is 5.32 Å². The Morgan fingerprint density at radius 1 is 1.14 bits per heavy atom. The van der Waals surface area contributed by atoms with Gasteiger partial charge in [-0.05, 0) is 38.0 Å². The van der Waals surface area contributed by atoms with Gasteiger partial charge < -0.3 is 10.1 Å². The predicted octanol–water partition coefficient (Wildman–Crippen LogP) is 3.41. The molecule has 1 atom stereocenters. The number of carbonyl (C=O) groups excluding carboxylic acids is 2. The third-order valence-electron chi connectivity index (χ3n) is 4.50. The first kappa shape index (κ1) is 19.1. The summed E-state index contributed by atoms with van der Waals surface area (Å²) in [6.07, 6.45) is 0.822. The molecule has 0 bridgehead atoms. The van der Waals surface area contributed by atoms with Gasteiger partial charge in [-0.3, -0.25) is 4.79 Å². The largest absolute Gasteiger partial charge is 0.442 e. The molecule has 1 amide bonds. The molecule has 7 nitrogen and oxygen atoms in total. The number of halogens is 1. The van der Waals surface area contributed by atoms with E-state index in [9.17, 15) is 9.59 Å². The number of amides is 1. The number of hydrogen-bond acceptors (Lipinski definition) is 5. The molecule has 1 aromatic heterocycles. The molecule has 1 saturated carbocycles. The summed E-state index contributed by atoms with van der Waals surface area (Å²) in [5, 5.41) is 11.9. The molecule has 0 unspecified atom stereocenters. The molecule has 0 radical (unpaired) electrons. The van der Waals surface area contributed by atoms with Crippen LogP contribution in [0.2, 0.25) is 5.02 Å². The molecule has 148 valence electrons. The molecule has 1 heterocycles. The van der Waals surface area contributed by atoms with Crippen LogP contribution in [0.4, 0.5) is 0 Å². The van der Waals surface area contributed by atoms with Gasteiger partial charge in [0.05, 0.1) is 11.4 Å². The fourth-order valence-electron chi connectivity index (χ4n) is 2.85. The fraction of sp³-hybridized carbons (Fsp3) is 0.238. The smallest absolute Gasteiger partial charge is 0.361 e. The molecule has 1 fully saturated rings. The molecule has 0 saturated heterocycles. The first-order valence-electron chi connectivity index (χ1n) is 9.27. The molecule has 29 heavy (non-hydrogen) atoms. The van der Waals surface area contributed by atoms with Gasteiger partial charge in [0.2, 0.25) is 6.10 Å². The van der Waals surface area contributed by atoms with Crippen molar-refractivity contribution >= 4 is 23.5 Å². The summed E-state index contributed by atoms with van der Waals surface area (Å²) in [4.78, 5) is 26.8. The number of carbonyl (C=O) groups is 2. The van der Waals surface area contributed by atoms with Gasteiger partial charge >= 0.3 is 5.97 Å². The van der Waals surface area contributed by atoms with E-state index < -0.39 is 12.1 Å². The van der Waals surface area contributed by atoms with E-state index in [1.807, 2.05) is 6.07 Å². The maximum atomic E-state index is 12.8. The summed E-state index contributed by atoms with van der Waals surface area (Å²) in [5.41, 5.74) is 1.65. The van der Waals surface area contributed by atoms with Crippen molar-refractivity contribution in [1.82, 2.24) is 20.3 Å². The Morgan fingerprint density at radius 3 is 2.59 bits per heavy atom. The molecule has 3 aromatic rings. The zero-order valence-corrected chi connectivity index (χ0v) is 16.5. The van der Waals surface area contributed by atoms with E-state index in [1.165, 1.54) is 4.80 Å². The summed E-state index contributed by atoms with van der Waals surface area (Å²) >= 11 is 6.02. The Labute approximate surface area is 172 Å². The quantitative estimate of drug-likeness (QED) is 0.629. The maximum absolute atomic E-state index is 12.8. The summed E-state index contributed by atoms with van der Waals surface area (Å²) < 4.78 is 5.57. The predicted molar refractivity (Wildman–Crippen MR) is 107 cm³/mol. The standard InChI is InChI=1S/C21H19ClN4O3/c1-13-18(25-26(24-13)17-9-5-8-15(22)12-17)21(28)29-19(14-6-3-2-4-7-14)20(27)23-16-10-11-16/h2-9,12,16,19H,10-11H2,1H3,(H,23,27)/t19-/m1/s1. The van der Waals surface area contributed by atoms with Crippen molar-refractivity contribution in [2.75, 3.05) is 0 Å². The van der Waals surface area contributed by atoms with Gasteiger partial charge in [0.25, 0.3) is 5.91 Å². The number of aromatic nitrogens is 3. The zero-order valence-electron chi connectivity index (χ0n) is 15.7. The van der Waals surface area contributed by atoms with Gasteiger partial charge in [-0.15, -0.1) is 5.10 Å². The second kappa shape index (κ2) is 8.05. The molecular weight excluding hydrogens is 392 g/mol. The molecule has 2 aromatic carbocycles. The van der Waals surface area contributed by atoms with Crippen LogP contribution in [0.5, 0.6) is 0 Å². The van der Waals surface area contributed by atoms with Gasteiger partial charge in [-0.25, -0.2) is 4.79 Å². The lowest BCUT2D eigenvalue weighted by Crippen LogP contribution is -2.33. The van der Waals surface area contributed by atoms with Crippen molar-refractivity contribution in [3.8, 4) is 5.69 Å². The van der Waals surface area contributed by atoms with Crippen molar-refractivity contribution in [2.24, 2.45) is 0 Å². The monoisotopic (exact) mass is 410 g/mol. The summed E-state index contributed by atoms with van der Waals surface area (Å²) in [7, 11) is 0. The SMILES string of the molecule is Cc1nn(-c2cccc(Cl)c2)nc1C(=O)O[C@@H](C(=O)NC1CC1)c1ccccc1. The minimum absolute atomic E-state index is 0.0464. The Kier molecular flexibility index (Phi) is 5.31. The lowest BCUT2D eigenvalue weighted by Gasteiger charge is -2.17. The third kappa shape index (κ3) is 4.46. The van der Waals surface area contributed by atoms with Gasteiger partial charge in [0, 0.05) is 16.6 Å². The Hall–Kier alpha value is -3.19. The second-order valence-corrected chi connectivity index (χ2v) is 7.32. The molecule has 8 heteroatoms. The van der Waals surface area contributed by atoms with Crippen LogP contribution in [0.3, 0.4) is 0 Å². The maximum Gasteiger partial charge on any atom is 0.361 e. The number of hydrogen-bond donors (Lipinski definition) is 1. The van der Waals surface area contributed by atoms with E-state index in [1.54, 1.807) is 55.5 Å². The number of esters is 1. The van der Waals surface area contributed by atoms with E-state index in [0.717, 1.165) is 12.8 Å². The molecule has 1 aliphatic carbocycles. The van der Waals surface area contributed by atoms with E-state index in [2.05, 4.69) is 15.5 Å². The average molecular weight is 411 g/mol. The van der Waals surface area contributed by atoms with Crippen molar-refractivity contribution in [3.63, 3.8) is 0 Å². The highest BCUT2D eigenvalue weighted by molar-refractivity contribution is 6.30. The topological polar surface area (TPSA) is 86.1 Å². The lowest BCUT2D eigenvalue weighted by molar-refractivity contribution is -0.130. The molecule has 1 aliphatic rings. The van der Waals surface area contributed by atoms with Gasteiger partial charge in [-0.2, -0.15) is 9.90 Å². The Morgan fingerprint density at radius 2 is 1.90 bits per heavy atom. The fourth-order valence-corrected chi connectivity index (χ4v) is 3.04. The molecule has 1 N–H and O–H groups in total. The van der Waals surface area contributed by atoms with Crippen LogP contribution in [-0.4, -0.2) is 32.9 Å². The Balaban J connectivity index is 1.58. The normalized spacial score (nSPS) is 14.3. The first-order valence-corrected chi connectivity index (χ1v) is 9.65. The number of rotatable bonds is 6. The van der Waals surface area contributed by atoms with Crippen LogP contribution in [0.15, 0.2) is 54.6 Å². The van der Waals surface area contributed by atoms with E-state index in [-0.39, 0.29) is 17.6 Å². The van der Waals surface area contributed by atoms with Gasteiger partial charge in [-0.1, -0.05) is 48.0 Å². The first-order chi connectivity index (χ1) is 14.0. The van der Waals surface area contributed by atoms with Crippen molar-refractivity contribution in [1.29, 1.82) is 0 Å². The molecular formula is C21H19ClN4O3. The molecule has 0 aliphatic heterocycles. The minimum Gasteiger partial charge on any atom is -0.442 e. The summed E-state index contributed by atoms with van der Waals surface area (Å²) in [5.74, 6) is -1.05. The van der Waals surface area contributed by atoms with Gasteiger partial charge in [0.15, 0.2) is 5.69 Å². The van der Waals surface area contributed by atoms with Crippen LogP contribution in [0.25, 0.3) is 5.69 Å². The minimum atomic E-state index is -1.06. The number of nitrogens with zero attached hydrogens (tertiary/aromatic N) is 3. The van der Waals surface area contributed by atoms with Crippen molar-refractivity contribution in [2.45, 2.75) is 31.9 Å². The van der Waals surface area contributed by atoms with Crippen LogP contribution in [0.1, 0.15) is 40.7 Å². The van der Waals surface area contributed by atoms with E-state index in [0.29, 0.717) is 22.0 Å². The number of aryl methyl sites for hydroxylation is 1. The van der Waals surface area contributed by atoms with E-state index in [4.69, 9.17) is 16.3 Å². The van der Waals surface area contributed by atoms with Crippen LogP contribution in [0, 0.1) is 6.92 Å². The summed E-state index contributed by atoms with van der Waals surface area (Å²) in [6, 6.07) is 16.0. The number of nitrogens with one attached hydrogen (secondary N) is 1. The number of ether oxygens (including phenoxy) is 1. The molecule has 4 rings (SSSR count). The second-order valence-electron chi connectivity index (χ2n) is 6.88. The summed E-state index contributed by atoms with van der Waals surface area (Å²) in [6.45, 7) is 1.66. The van der Waals surface area contributed by atoms with Gasteiger partial charge in [0.1, 0.15) is 0 Å².